The van der Waals surface area contributed by atoms with E-state index in [1.807, 2.05) is 42.5 Å². The molecule has 4 heterocycles. The standard InChI is InChI=1S/C29H37N3O6/c1-5-30(6-2)20-10-12-21(13-11-20)31-16-9-15-29-22(25(34)32(19(3)18-33)24(29)26(31)35)23-27(36)37-17-8-7-14-28(23,4)38-29/h7,9-15,19,22-24,33H,5-6,8,16-18H2,1-4H3/t19-,22+,23-,24?,28+,29+/m1/s1. The molecule has 9 heteroatoms. The van der Waals surface area contributed by atoms with Gasteiger partial charge in [0, 0.05) is 31.0 Å². The summed E-state index contributed by atoms with van der Waals surface area (Å²) in [7, 11) is 0. The first-order chi connectivity index (χ1) is 18.2. The van der Waals surface area contributed by atoms with Gasteiger partial charge in [0.05, 0.1) is 30.8 Å². The summed E-state index contributed by atoms with van der Waals surface area (Å²) in [5.41, 5.74) is -0.723. The third-order valence-corrected chi connectivity index (χ3v) is 8.49. The third kappa shape index (κ3) is 3.86. The molecule has 4 aliphatic rings. The van der Waals surface area contributed by atoms with Crippen molar-refractivity contribution < 1.29 is 29.0 Å². The summed E-state index contributed by atoms with van der Waals surface area (Å²) in [5.74, 6) is -3.06. The smallest absolute Gasteiger partial charge is 0.313 e. The molecular formula is C29H37N3O6. The molecule has 5 rings (SSSR count). The van der Waals surface area contributed by atoms with Crippen LogP contribution in [0.3, 0.4) is 0 Å². The molecule has 1 N–H and O–H groups in total. The van der Waals surface area contributed by atoms with Gasteiger partial charge in [0.15, 0.2) is 0 Å². The van der Waals surface area contributed by atoms with E-state index in [1.54, 1.807) is 24.8 Å². The van der Waals surface area contributed by atoms with Crippen molar-refractivity contribution in [1.82, 2.24) is 4.90 Å². The van der Waals surface area contributed by atoms with Crippen LogP contribution in [-0.2, 0) is 23.9 Å². The minimum Gasteiger partial charge on any atom is -0.465 e. The Balaban J connectivity index is 1.59. The predicted molar refractivity (Wildman–Crippen MR) is 143 cm³/mol. The van der Waals surface area contributed by atoms with Crippen LogP contribution in [0.5, 0.6) is 0 Å². The van der Waals surface area contributed by atoms with E-state index in [0.29, 0.717) is 12.1 Å². The maximum absolute atomic E-state index is 14.4. The molecule has 2 amide bonds. The number of rotatable bonds is 6. The topological polar surface area (TPSA) is 99.6 Å². The van der Waals surface area contributed by atoms with Gasteiger partial charge in [0.25, 0.3) is 5.91 Å². The van der Waals surface area contributed by atoms with Crippen molar-refractivity contribution in [1.29, 1.82) is 0 Å². The third-order valence-electron chi connectivity index (χ3n) is 8.49. The number of hydrogen-bond donors (Lipinski definition) is 1. The normalized spacial score (nSPS) is 33.2. The number of fused-ring (bicyclic) bond motifs is 2. The number of carbonyl (C=O) groups excluding carboxylic acids is 3. The molecule has 204 valence electrons. The van der Waals surface area contributed by atoms with Gasteiger partial charge < -0.3 is 29.3 Å². The Hall–Kier alpha value is -3.17. The summed E-state index contributed by atoms with van der Waals surface area (Å²) >= 11 is 0. The number of amides is 2. The average Bonchev–Trinajstić information content (AvgIpc) is 3.23. The van der Waals surface area contributed by atoms with E-state index in [2.05, 4.69) is 18.7 Å². The van der Waals surface area contributed by atoms with Crippen LogP contribution < -0.4 is 9.80 Å². The van der Waals surface area contributed by atoms with Crippen LogP contribution in [0.4, 0.5) is 11.4 Å². The molecule has 4 aliphatic heterocycles. The number of nitrogens with zero attached hydrogens (tertiary/aromatic N) is 3. The van der Waals surface area contributed by atoms with E-state index in [4.69, 9.17) is 9.47 Å². The van der Waals surface area contributed by atoms with Gasteiger partial charge in [0.2, 0.25) is 5.91 Å². The van der Waals surface area contributed by atoms with E-state index in [-0.39, 0.29) is 31.6 Å². The minimum atomic E-state index is -1.37. The molecule has 1 aromatic rings. The number of likely N-dealkylation sites (tertiary alicyclic amines) is 1. The van der Waals surface area contributed by atoms with Gasteiger partial charge in [-0.1, -0.05) is 24.3 Å². The van der Waals surface area contributed by atoms with E-state index < -0.39 is 41.1 Å². The number of benzene rings is 1. The molecule has 38 heavy (non-hydrogen) atoms. The second kappa shape index (κ2) is 9.85. The Morgan fingerprint density at radius 1 is 1.05 bits per heavy atom. The van der Waals surface area contributed by atoms with Gasteiger partial charge >= 0.3 is 5.97 Å². The summed E-state index contributed by atoms with van der Waals surface area (Å²) in [5, 5.41) is 10.1. The van der Waals surface area contributed by atoms with E-state index >= 15 is 0 Å². The molecule has 0 saturated carbocycles. The van der Waals surface area contributed by atoms with Crippen LogP contribution in [0.1, 0.15) is 34.1 Å². The van der Waals surface area contributed by atoms with Gasteiger partial charge in [-0.25, -0.2) is 0 Å². The van der Waals surface area contributed by atoms with Crippen LogP contribution in [0.2, 0.25) is 0 Å². The first-order valence-corrected chi connectivity index (χ1v) is 13.5. The molecule has 2 saturated heterocycles. The van der Waals surface area contributed by atoms with Crippen molar-refractivity contribution in [3.8, 4) is 0 Å². The zero-order valence-corrected chi connectivity index (χ0v) is 22.5. The van der Waals surface area contributed by atoms with Crippen LogP contribution in [0.25, 0.3) is 0 Å². The SMILES string of the molecule is CCN(CC)c1ccc(N2CC=C[C@]34O[C@@]5(C)C=CCCOC(=O)[C@H]5[C@H]3C(=O)N([C@H](C)CO)C4C2=O)cc1. The molecule has 1 spiro atoms. The van der Waals surface area contributed by atoms with Crippen molar-refractivity contribution in [3.05, 3.63) is 48.6 Å². The number of anilines is 2. The summed E-state index contributed by atoms with van der Waals surface area (Å²) in [6.07, 6.45) is 7.93. The van der Waals surface area contributed by atoms with Crippen LogP contribution in [-0.4, -0.2) is 83.9 Å². The molecule has 1 aromatic carbocycles. The van der Waals surface area contributed by atoms with Gasteiger partial charge in [-0.2, -0.15) is 0 Å². The molecule has 0 bridgehead atoms. The van der Waals surface area contributed by atoms with Gasteiger partial charge in [0.1, 0.15) is 17.6 Å². The molecule has 0 aromatic heterocycles. The highest BCUT2D eigenvalue weighted by atomic mass is 16.6. The zero-order chi connectivity index (χ0) is 27.2. The summed E-state index contributed by atoms with van der Waals surface area (Å²) in [4.78, 5) is 47.0. The second-order valence-electron chi connectivity index (χ2n) is 10.7. The molecule has 1 unspecified atom stereocenters. The largest absolute Gasteiger partial charge is 0.465 e. The first kappa shape index (κ1) is 26.4. The number of cyclic esters (lactones) is 1. The average molecular weight is 524 g/mol. The Morgan fingerprint density at radius 3 is 2.42 bits per heavy atom. The monoisotopic (exact) mass is 523 g/mol. The molecular weight excluding hydrogens is 486 g/mol. The van der Waals surface area contributed by atoms with Crippen LogP contribution in [0, 0.1) is 11.8 Å². The van der Waals surface area contributed by atoms with Crippen molar-refractivity contribution in [3.63, 3.8) is 0 Å². The number of ether oxygens (including phenoxy) is 2. The predicted octanol–water partition coefficient (Wildman–Crippen LogP) is 2.29. The van der Waals surface area contributed by atoms with Crippen molar-refractivity contribution in [2.45, 2.75) is 57.4 Å². The van der Waals surface area contributed by atoms with Gasteiger partial charge in [-0.3, -0.25) is 14.4 Å². The quantitative estimate of drug-likeness (QED) is 0.451. The number of carbonyl (C=O) groups is 3. The highest BCUT2D eigenvalue weighted by Gasteiger charge is 2.75. The molecule has 0 aliphatic carbocycles. The second-order valence-corrected chi connectivity index (χ2v) is 10.7. The summed E-state index contributed by atoms with van der Waals surface area (Å²) in [6.45, 7) is 9.61. The number of esters is 1. The highest BCUT2D eigenvalue weighted by molar-refractivity contribution is 6.05. The maximum Gasteiger partial charge on any atom is 0.313 e. The van der Waals surface area contributed by atoms with Crippen molar-refractivity contribution in [2.75, 3.05) is 42.6 Å². The molecule has 0 radical (unpaired) electrons. The van der Waals surface area contributed by atoms with Crippen molar-refractivity contribution in [2.24, 2.45) is 11.8 Å². The van der Waals surface area contributed by atoms with E-state index in [9.17, 15) is 19.5 Å². The fourth-order valence-corrected chi connectivity index (χ4v) is 6.65. The maximum atomic E-state index is 14.4. The Bertz CT molecular complexity index is 1160. The Morgan fingerprint density at radius 2 is 1.76 bits per heavy atom. The lowest BCUT2D eigenvalue weighted by molar-refractivity contribution is -0.160. The van der Waals surface area contributed by atoms with Crippen LogP contribution >= 0.6 is 0 Å². The molecule has 6 atom stereocenters. The number of aliphatic hydroxyl groups is 1. The zero-order valence-electron chi connectivity index (χ0n) is 22.5. The van der Waals surface area contributed by atoms with Gasteiger partial charge in [-0.05, 0) is 58.4 Å². The fourth-order valence-electron chi connectivity index (χ4n) is 6.65. The number of hydrogen-bond acceptors (Lipinski definition) is 7. The Kier molecular flexibility index (Phi) is 6.86. The van der Waals surface area contributed by atoms with E-state index in [0.717, 1.165) is 18.8 Å². The lowest BCUT2D eigenvalue weighted by atomic mass is 9.74. The van der Waals surface area contributed by atoms with Gasteiger partial charge in [-0.15, -0.1) is 0 Å². The van der Waals surface area contributed by atoms with Crippen molar-refractivity contribution >= 4 is 29.2 Å². The lowest BCUT2D eigenvalue weighted by Gasteiger charge is -2.39. The molecule has 2 fully saturated rings. The molecule has 9 nitrogen and oxygen atoms in total. The van der Waals surface area contributed by atoms with E-state index in [1.165, 1.54) is 4.90 Å². The fraction of sp³-hybridized carbons (Fsp3) is 0.552. The first-order valence-electron chi connectivity index (χ1n) is 13.5. The highest BCUT2D eigenvalue weighted by Crippen LogP contribution is 2.57. The Labute approximate surface area is 223 Å². The summed E-state index contributed by atoms with van der Waals surface area (Å²) < 4.78 is 12.2. The van der Waals surface area contributed by atoms with Crippen LogP contribution in [0.15, 0.2) is 48.6 Å². The summed E-state index contributed by atoms with van der Waals surface area (Å²) in [6, 6.07) is 6.12. The number of aliphatic hydroxyl groups excluding tert-OH is 1. The lowest BCUT2D eigenvalue weighted by Crippen LogP contribution is -2.58. The minimum absolute atomic E-state index is 0.224.